The van der Waals surface area contributed by atoms with Crippen molar-refractivity contribution in [3.8, 4) is 11.6 Å². The number of nitro benzene ring substituents is 1. The molecule has 4 N–H and O–H groups in total. The fraction of sp³-hybridized carbons (Fsp3) is 0.490. The van der Waals surface area contributed by atoms with Crippen molar-refractivity contribution in [2.24, 2.45) is 11.3 Å². The highest BCUT2D eigenvalue weighted by Crippen LogP contribution is 2.55. The van der Waals surface area contributed by atoms with E-state index in [0.717, 1.165) is 62.5 Å². The number of carbonyl (C=O) groups is 1. The molecule has 5 aromatic rings. The Morgan fingerprint density at radius 3 is 2.57 bits per heavy atom. The van der Waals surface area contributed by atoms with Crippen LogP contribution < -0.4 is 29.3 Å². The molecular weight excluding hydrogens is 901 g/mol. The number of amides is 1. The summed E-state index contributed by atoms with van der Waals surface area (Å²) in [6.07, 6.45) is 10.7. The van der Waals surface area contributed by atoms with Crippen molar-refractivity contribution in [3.05, 3.63) is 99.7 Å². The summed E-state index contributed by atoms with van der Waals surface area (Å²) in [5.41, 5.74) is 5.45. The van der Waals surface area contributed by atoms with Crippen LogP contribution in [-0.4, -0.2) is 109 Å². The molecule has 1 spiro atoms. The minimum atomic E-state index is -4.69. The summed E-state index contributed by atoms with van der Waals surface area (Å²) in [4.78, 5) is 41.2. The van der Waals surface area contributed by atoms with Gasteiger partial charge in [0, 0.05) is 54.6 Å². The maximum Gasteiger partial charge on any atom is 0.297 e. The number of carbonyl (C=O) groups excluding carboxylic acids is 1. The van der Waals surface area contributed by atoms with Crippen LogP contribution in [-0.2, 0) is 14.8 Å². The third-order valence-corrected chi connectivity index (χ3v) is 17.8. The number of nitro groups is 1. The molecule has 7 aliphatic rings. The van der Waals surface area contributed by atoms with Gasteiger partial charge in [0.1, 0.15) is 24.0 Å². The van der Waals surface area contributed by atoms with Crippen LogP contribution in [0.1, 0.15) is 91.7 Å². The number of ether oxygens (including phenoxy) is 3. The van der Waals surface area contributed by atoms with Gasteiger partial charge < -0.3 is 39.4 Å². The van der Waals surface area contributed by atoms with Crippen molar-refractivity contribution in [1.82, 2.24) is 19.6 Å². The van der Waals surface area contributed by atoms with Crippen molar-refractivity contribution in [2.75, 3.05) is 54.6 Å². The number of sulfonamides is 1. The lowest BCUT2D eigenvalue weighted by Gasteiger charge is -2.56. The number of hydrogen-bond acceptors (Lipinski definition) is 14. The average molecular weight is 959 g/mol. The highest BCUT2D eigenvalue weighted by atomic mass is 32.2. The molecule has 5 fully saturated rings. The molecular formula is C51H58N8O9S. The Hall–Kier alpha value is -5.95. The third-order valence-electron chi connectivity index (χ3n) is 16.5. The lowest BCUT2D eigenvalue weighted by Crippen LogP contribution is -2.55. The number of aromatic amines is 1. The van der Waals surface area contributed by atoms with Crippen molar-refractivity contribution in [2.45, 2.75) is 112 Å². The van der Waals surface area contributed by atoms with Crippen molar-refractivity contribution >= 4 is 55.4 Å². The van der Waals surface area contributed by atoms with E-state index in [0.29, 0.717) is 61.0 Å². The summed E-state index contributed by atoms with van der Waals surface area (Å²) >= 11 is 0. The number of H-pyrrole nitrogens is 1. The summed E-state index contributed by atoms with van der Waals surface area (Å²) < 4.78 is 49.3. The van der Waals surface area contributed by atoms with Crippen LogP contribution in [0.15, 0.2) is 77.8 Å². The Labute approximate surface area is 400 Å². The summed E-state index contributed by atoms with van der Waals surface area (Å²) in [6.45, 7) is 5.82. The van der Waals surface area contributed by atoms with Gasteiger partial charge in [0.25, 0.3) is 21.6 Å². The third kappa shape index (κ3) is 7.92. The molecule has 1 amide bonds. The summed E-state index contributed by atoms with van der Waals surface area (Å²) in [5, 5.41) is 26.6. The van der Waals surface area contributed by atoms with E-state index in [2.05, 4.69) is 56.0 Å². The van der Waals surface area contributed by atoms with E-state index in [-0.39, 0.29) is 53.1 Å². The Kier molecular flexibility index (Phi) is 11.0. The van der Waals surface area contributed by atoms with Gasteiger partial charge >= 0.3 is 0 Å². The van der Waals surface area contributed by atoms with Gasteiger partial charge in [-0.2, -0.15) is 4.98 Å². The van der Waals surface area contributed by atoms with E-state index in [9.17, 15) is 28.4 Å². The van der Waals surface area contributed by atoms with Crippen molar-refractivity contribution in [1.29, 1.82) is 0 Å². The highest BCUT2D eigenvalue weighted by Gasteiger charge is 2.50. The largest absolute Gasteiger partial charge is 0.489 e. The van der Waals surface area contributed by atoms with Crippen LogP contribution in [0.3, 0.4) is 0 Å². The van der Waals surface area contributed by atoms with E-state index < -0.39 is 37.5 Å². The van der Waals surface area contributed by atoms with E-state index in [1.54, 1.807) is 12.3 Å². The maximum atomic E-state index is 14.7. The topological polar surface area (TPSA) is 205 Å². The summed E-state index contributed by atoms with van der Waals surface area (Å²) in [6, 6.07) is 20.9. The van der Waals surface area contributed by atoms with E-state index in [1.165, 1.54) is 42.9 Å². The van der Waals surface area contributed by atoms with Gasteiger partial charge in [-0.05, 0) is 130 Å². The van der Waals surface area contributed by atoms with Gasteiger partial charge in [-0.1, -0.05) is 24.3 Å². The normalized spacial score (nSPS) is 26.6. The zero-order chi connectivity index (χ0) is 47.2. The second-order valence-corrected chi connectivity index (χ2v) is 22.2. The zero-order valence-corrected chi connectivity index (χ0v) is 39.5. The second kappa shape index (κ2) is 17.2. The number of anilines is 4. The molecule has 17 nitrogen and oxygen atoms in total. The number of rotatable bonds is 9. The second-order valence-electron chi connectivity index (χ2n) is 20.5. The first kappa shape index (κ1) is 44.3. The quantitative estimate of drug-likeness (QED) is 0.0835. The Bertz CT molecular complexity index is 2940. The van der Waals surface area contributed by atoms with Crippen LogP contribution in [0.2, 0.25) is 0 Å². The lowest BCUT2D eigenvalue weighted by molar-refractivity contribution is -0.384. The molecule has 3 saturated heterocycles. The van der Waals surface area contributed by atoms with Gasteiger partial charge in [-0.3, -0.25) is 19.8 Å². The van der Waals surface area contributed by atoms with Crippen LogP contribution in [0, 0.1) is 28.4 Å². The molecule has 2 aromatic heterocycles. The van der Waals surface area contributed by atoms with E-state index >= 15 is 0 Å². The number of aryl methyl sites for hydroxylation is 1. The minimum Gasteiger partial charge on any atom is -0.489 e. The van der Waals surface area contributed by atoms with E-state index in [1.807, 2.05) is 29.2 Å². The highest BCUT2D eigenvalue weighted by molar-refractivity contribution is 7.90. The SMILES string of the molecule is Cc1ccccc1[C@@H]1CCCN1C1CC2(CCN(c3ccc(C(=O)NS(=O)(=O)c4cc5c(c([N+](=O)[O-])c4)N[C@@H](C4CCC(O)CC4)CO5)c(N4c5cc6cc[nH]c6nc5O[C@@H]5COC[C@H]54)c3)CC2)C1. The number of benzene rings is 3. The lowest BCUT2D eigenvalue weighted by atomic mass is 9.59. The predicted octanol–water partition coefficient (Wildman–Crippen LogP) is 7.51. The molecule has 12 rings (SSSR count). The maximum absolute atomic E-state index is 14.7. The molecule has 362 valence electrons. The smallest absolute Gasteiger partial charge is 0.297 e. The number of fused-ring (bicyclic) bond motifs is 4. The summed E-state index contributed by atoms with van der Waals surface area (Å²) in [7, 11) is -4.69. The Balaban J connectivity index is 0.833. The van der Waals surface area contributed by atoms with E-state index in [4.69, 9.17) is 19.2 Å². The van der Waals surface area contributed by atoms with Crippen LogP contribution in [0.4, 0.5) is 28.4 Å². The number of aromatic nitrogens is 2. The standard InChI is InChI=1S/C51H58N8O9S/c1-30-5-2-3-6-37(30)40-7-4-18-57(40)34-25-51(26-34)15-19-56(20-16-51)33-10-13-38(41(22-33)58-43-21-32-14-17-52-48(32)54-50(43)68-46-29-66-28-44(46)58)49(61)55-69(64,65)36-23-42(59(62)63)47-45(24-36)67-27-39(53-47)31-8-11-35(60)12-9-31/h2-3,5-6,10,13-14,17,21-24,31,34-35,39-40,44,46,53,60H,4,7-9,11-12,15-16,18-20,25-29H2,1H3,(H,52,54)(H,55,61)/t31?,35?,39-,40+,44-,46-/m1/s1. The summed E-state index contributed by atoms with van der Waals surface area (Å²) in [5.74, 6) is -0.405. The molecule has 0 unspecified atom stereocenters. The monoisotopic (exact) mass is 958 g/mol. The number of piperidine rings is 1. The molecule has 69 heavy (non-hydrogen) atoms. The number of aliphatic hydroxyl groups excluding tert-OH is 1. The zero-order valence-electron chi connectivity index (χ0n) is 38.6. The first-order chi connectivity index (χ1) is 33.4. The molecule has 5 aliphatic heterocycles. The van der Waals surface area contributed by atoms with Gasteiger partial charge in [-0.15, -0.1) is 0 Å². The predicted molar refractivity (Wildman–Crippen MR) is 259 cm³/mol. The van der Waals surface area contributed by atoms with Crippen LogP contribution in [0.25, 0.3) is 11.0 Å². The first-order valence-electron chi connectivity index (χ1n) is 24.6. The van der Waals surface area contributed by atoms with Gasteiger partial charge in [0.2, 0.25) is 5.88 Å². The van der Waals surface area contributed by atoms with Gasteiger partial charge in [-0.25, -0.2) is 13.1 Å². The van der Waals surface area contributed by atoms with Crippen LogP contribution in [0.5, 0.6) is 11.6 Å². The fourth-order valence-corrected chi connectivity index (χ4v) is 13.7. The van der Waals surface area contributed by atoms with Crippen LogP contribution >= 0.6 is 0 Å². The molecule has 18 heteroatoms. The molecule has 2 saturated carbocycles. The fourth-order valence-electron chi connectivity index (χ4n) is 12.7. The molecule has 3 aromatic carbocycles. The number of hydrogen-bond donors (Lipinski definition) is 4. The average Bonchev–Trinajstić information content (AvgIpc) is 4.13. The molecule has 4 atom stereocenters. The van der Waals surface area contributed by atoms with Crippen molar-refractivity contribution < 1.29 is 37.5 Å². The Morgan fingerprint density at radius 1 is 0.957 bits per heavy atom. The Morgan fingerprint density at radius 2 is 1.77 bits per heavy atom. The number of aliphatic hydroxyl groups is 1. The molecule has 2 aliphatic carbocycles. The number of nitrogens with one attached hydrogen (secondary N) is 3. The van der Waals surface area contributed by atoms with Crippen molar-refractivity contribution in [3.63, 3.8) is 0 Å². The first-order valence-corrected chi connectivity index (χ1v) is 26.1. The van der Waals surface area contributed by atoms with Gasteiger partial charge in [0.15, 0.2) is 11.4 Å². The molecule has 0 radical (unpaired) electrons. The minimum absolute atomic E-state index is 0.0122. The number of nitrogens with zero attached hydrogens (tertiary/aromatic N) is 5. The molecule has 7 heterocycles. The molecule has 0 bridgehead atoms. The number of likely N-dealkylation sites (tertiary alicyclic amines) is 1. The van der Waals surface area contributed by atoms with Gasteiger partial charge in [0.05, 0.1) is 52.5 Å². The number of pyridine rings is 1.